The van der Waals surface area contributed by atoms with Gasteiger partial charge in [0.05, 0.1) is 12.4 Å². The van der Waals surface area contributed by atoms with Crippen LogP contribution >= 0.6 is 23.2 Å². The van der Waals surface area contributed by atoms with Crippen LogP contribution in [0.4, 0.5) is 0 Å². The van der Waals surface area contributed by atoms with Gasteiger partial charge in [0.25, 0.3) is 0 Å². The highest BCUT2D eigenvalue weighted by molar-refractivity contribution is 6.29. The number of benzene rings is 1. The smallest absolute Gasteiger partial charge is 0.145 e. The average molecular weight is 347 g/mol. The Morgan fingerprint density at radius 3 is 1.61 bits per heavy atom. The zero-order valence-corrected chi connectivity index (χ0v) is 13.7. The van der Waals surface area contributed by atoms with Crippen LogP contribution < -0.4 is 9.47 Å². The number of hydrogen-bond acceptors (Lipinski definition) is 4. The molecule has 0 saturated carbocycles. The van der Waals surface area contributed by atoms with Gasteiger partial charge in [-0.2, -0.15) is 0 Å². The Bertz CT molecular complexity index is 740. The molecule has 0 spiro atoms. The predicted molar refractivity (Wildman–Crippen MR) is 89.8 cm³/mol. The minimum Gasteiger partial charge on any atom is -0.455 e. The van der Waals surface area contributed by atoms with Gasteiger partial charge in [-0.15, -0.1) is 0 Å². The Hall–Kier alpha value is -2.30. The van der Waals surface area contributed by atoms with Gasteiger partial charge in [0.1, 0.15) is 33.3 Å². The van der Waals surface area contributed by atoms with E-state index in [0.29, 0.717) is 33.3 Å². The van der Waals surface area contributed by atoms with E-state index in [2.05, 4.69) is 9.97 Å². The third kappa shape index (κ3) is 3.92. The standard InChI is InChI=1S/C17H12Cl2N2O2/c1-11-14(22-12-5-7-16(18)20-9-12)3-2-4-15(11)23-13-6-8-17(19)21-10-13/h2-10H,1H3. The minimum absolute atomic E-state index is 0.418. The Labute approximate surface area is 143 Å². The molecule has 116 valence electrons. The van der Waals surface area contributed by atoms with Crippen LogP contribution in [0.2, 0.25) is 10.3 Å². The monoisotopic (exact) mass is 346 g/mol. The summed E-state index contributed by atoms with van der Waals surface area (Å²) in [7, 11) is 0. The summed E-state index contributed by atoms with van der Waals surface area (Å²) in [5.74, 6) is 2.55. The molecule has 6 heteroatoms. The number of hydrogen-bond donors (Lipinski definition) is 0. The van der Waals surface area contributed by atoms with Gasteiger partial charge >= 0.3 is 0 Å². The molecule has 0 saturated heterocycles. The van der Waals surface area contributed by atoms with Crippen molar-refractivity contribution < 1.29 is 9.47 Å². The van der Waals surface area contributed by atoms with Crippen LogP contribution in [-0.4, -0.2) is 9.97 Å². The van der Waals surface area contributed by atoms with Crippen molar-refractivity contribution in [1.29, 1.82) is 0 Å². The first-order chi connectivity index (χ1) is 11.1. The zero-order chi connectivity index (χ0) is 16.2. The Balaban J connectivity index is 1.83. The van der Waals surface area contributed by atoms with Crippen LogP contribution in [0, 0.1) is 6.92 Å². The molecule has 3 rings (SSSR count). The van der Waals surface area contributed by atoms with Crippen LogP contribution in [0.15, 0.2) is 54.9 Å². The number of nitrogens with zero attached hydrogens (tertiary/aromatic N) is 2. The maximum atomic E-state index is 5.82. The van der Waals surface area contributed by atoms with Crippen molar-refractivity contribution >= 4 is 23.2 Å². The lowest BCUT2D eigenvalue weighted by Gasteiger charge is -2.13. The van der Waals surface area contributed by atoms with E-state index in [-0.39, 0.29) is 0 Å². The van der Waals surface area contributed by atoms with Crippen LogP contribution in [-0.2, 0) is 0 Å². The van der Waals surface area contributed by atoms with E-state index < -0.39 is 0 Å². The highest BCUT2D eigenvalue weighted by Crippen LogP contribution is 2.33. The maximum Gasteiger partial charge on any atom is 0.145 e. The summed E-state index contributed by atoms with van der Waals surface area (Å²) in [4.78, 5) is 7.98. The van der Waals surface area contributed by atoms with Crippen molar-refractivity contribution in [2.24, 2.45) is 0 Å². The molecule has 2 heterocycles. The highest BCUT2D eigenvalue weighted by Gasteiger charge is 2.09. The van der Waals surface area contributed by atoms with Crippen molar-refractivity contribution in [1.82, 2.24) is 9.97 Å². The van der Waals surface area contributed by atoms with Gasteiger partial charge in [0.2, 0.25) is 0 Å². The summed E-state index contributed by atoms with van der Waals surface area (Å²) in [6, 6.07) is 12.4. The van der Waals surface area contributed by atoms with E-state index in [1.807, 2.05) is 25.1 Å². The molecule has 0 amide bonds. The van der Waals surface area contributed by atoms with E-state index in [1.54, 1.807) is 36.7 Å². The molecular formula is C17H12Cl2N2O2. The molecule has 0 unspecified atom stereocenters. The normalized spacial score (nSPS) is 10.4. The fourth-order valence-electron chi connectivity index (χ4n) is 1.91. The van der Waals surface area contributed by atoms with Gasteiger partial charge in [-0.05, 0) is 43.3 Å². The number of ether oxygens (including phenoxy) is 2. The molecule has 0 N–H and O–H groups in total. The summed E-state index contributed by atoms with van der Waals surface area (Å²) < 4.78 is 11.6. The van der Waals surface area contributed by atoms with E-state index in [0.717, 1.165) is 5.56 Å². The van der Waals surface area contributed by atoms with Crippen molar-refractivity contribution in [2.45, 2.75) is 6.92 Å². The van der Waals surface area contributed by atoms with Gasteiger partial charge in [-0.3, -0.25) is 0 Å². The first kappa shape index (κ1) is 15.6. The first-order valence-corrected chi connectivity index (χ1v) is 7.56. The molecular weight excluding hydrogens is 335 g/mol. The maximum absolute atomic E-state index is 5.82. The van der Waals surface area contributed by atoms with Gasteiger partial charge in [0.15, 0.2) is 0 Å². The van der Waals surface area contributed by atoms with Crippen LogP contribution in [0.1, 0.15) is 5.56 Å². The summed E-state index contributed by atoms with van der Waals surface area (Å²) >= 11 is 11.5. The third-order valence-corrected chi connectivity index (χ3v) is 3.54. The third-order valence-electron chi connectivity index (χ3n) is 3.09. The fraction of sp³-hybridized carbons (Fsp3) is 0.0588. The second-order valence-corrected chi connectivity index (χ2v) is 5.49. The van der Waals surface area contributed by atoms with Crippen molar-refractivity contribution in [2.75, 3.05) is 0 Å². The van der Waals surface area contributed by atoms with Crippen molar-refractivity contribution in [3.8, 4) is 23.0 Å². The minimum atomic E-state index is 0.418. The largest absolute Gasteiger partial charge is 0.455 e. The van der Waals surface area contributed by atoms with Gasteiger partial charge in [-0.1, -0.05) is 29.3 Å². The van der Waals surface area contributed by atoms with E-state index >= 15 is 0 Å². The molecule has 4 nitrogen and oxygen atoms in total. The molecule has 2 aromatic heterocycles. The second kappa shape index (κ2) is 6.86. The number of aromatic nitrogens is 2. The summed E-state index contributed by atoms with van der Waals surface area (Å²) in [6.45, 7) is 1.91. The lowest BCUT2D eigenvalue weighted by molar-refractivity contribution is 0.451. The summed E-state index contributed by atoms with van der Waals surface area (Å²) in [6.07, 6.45) is 3.14. The summed E-state index contributed by atoms with van der Waals surface area (Å²) in [5.41, 5.74) is 0.859. The summed E-state index contributed by atoms with van der Waals surface area (Å²) in [5, 5.41) is 0.836. The van der Waals surface area contributed by atoms with Gasteiger partial charge in [0, 0.05) is 5.56 Å². The van der Waals surface area contributed by atoms with Crippen LogP contribution in [0.3, 0.4) is 0 Å². The Kier molecular flexibility index (Phi) is 4.65. The number of halogens is 2. The van der Waals surface area contributed by atoms with Crippen LogP contribution in [0.5, 0.6) is 23.0 Å². The molecule has 1 aromatic carbocycles. The van der Waals surface area contributed by atoms with Gasteiger partial charge < -0.3 is 9.47 Å². The molecule has 0 radical (unpaired) electrons. The molecule has 0 atom stereocenters. The van der Waals surface area contributed by atoms with Crippen molar-refractivity contribution in [3.05, 3.63) is 70.7 Å². The number of rotatable bonds is 4. The van der Waals surface area contributed by atoms with Crippen LogP contribution in [0.25, 0.3) is 0 Å². The Morgan fingerprint density at radius 2 is 1.22 bits per heavy atom. The molecule has 0 bridgehead atoms. The SMILES string of the molecule is Cc1c(Oc2ccc(Cl)nc2)cccc1Oc1ccc(Cl)nc1. The lowest BCUT2D eigenvalue weighted by atomic mass is 10.2. The topological polar surface area (TPSA) is 44.2 Å². The first-order valence-electron chi connectivity index (χ1n) is 6.80. The molecule has 0 aliphatic heterocycles. The van der Waals surface area contributed by atoms with E-state index in [4.69, 9.17) is 32.7 Å². The highest BCUT2D eigenvalue weighted by atomic mass is 35.5. The average Bonchev–Trinajstić information content (AvgIpc) is 2.55. The van der Waals surface area contributed by atoms with Crippen molar-refractivity contribution in [3.63, 3.8) is 0 Å². The molecule has 3 aromatic rings. The quantitative estimate of drug-likeness (QED) is 0.570. The van der Waals surface area contributed by atoms with E-state index in [1.165, 1.54) is 0 Å². The molecule has 23 heavy (non-hydrogen) atoms. The fourth-order valence-corrected chi connectivity index (χ4v) is 2.14. The van der Waals surface area contributed by atoms with Gasteiger partial charge in [-0.25, -0.2) is 9.97 Å². The zero-order valence-electron chi connectivity index (χ0n) is 12.2. The number of pyridine rings is 2. The lowest BCUT2D eigenvalue weighted by Crippen LogP contribution is -1.93. The molecule has 0 fully saturated rings. The van der Waals surface area contributed by atoms with E-state index in [9.17, 15) is 0 Å². The molecule has 0 aliphatic carbocycles. The molecule has 0 aliphatic rings. The predicted octanol–water partition coefficient (Wildman–Crippen LogP) is 5.68. The Morgan fingerprint density at radius 1 is 0.739 bits per heavy atom. The second-order valence-electron chi connectivity index (χ2n) is 4.72.